The van der Waals surface area contributed by atoms with Gasteiger partial charge in [-0.3, -0.25) is 4.79 Å². The van der Waals surface area contributed by atoms with Crippen LogP contribution in [-0.4, -0.2) is 44.1 Å². The number of rotatable bonds is 4. The summed E-state index contributed by atoms with van der Waals surface area (Å²) < 4.78 is 29.4. The first-order valence-electron chi connectivity index (χ1n) is 7.56. The number of aryl methyl sites for hydroxylation is 1. The molecule has 3 N–H and O–H groups in total. The van der Waals surface area contributed by atoms with Gasteiger partial charge in [-0.2, -0.15) is 0 Å². The number of carbonyl (C=O) groups is 1. The van der Waals surface area contributed by atoms with E-state index in [1.165, 1.54) is 23.9 Å². The van der Waals surface area contributed by atoms with E-state index in [9.17, 15) is 13.2 Å². The lowest BCUT2D eigenvalue weighted by Crippen LogP contribution is -2.47. The summed E-state index contributed by atoms with van der Waals surface area (Å²) in [7, 11) is -0.420. The zero-order valence-electron chi connectivity index (χ0n) is 13.2. The van der Waals surface area contributed by atoms with Gasteiger partial charge in [-0.1, -0.05) is 0 Å². The van der Waals surface area contributed by atoms with Crippen molar-refractivity contribution in [1.29, 1.82) is 0 Å². The van der Waals surface area contributed by atoms with Crippen molar-refractivity contribution in [2.75, 3.05) is 7.05 Å². The molecule has 23 heavy (non-hydrogen) atoms. The normalized spacial score (nSPS) is 26.6. The molecular weight excluding hydrogens is 340 g/mol. The second kappa shape index (κ2) is 6.80. The number of hydrogen-bond donors (Lipinski definition) is 3. The molecule has 2 saturated heterocycles. The van der Waals surface area contributed by atoms with Gasteiger partial charge in [0, 0.05) is 38.4 Å². The Morgan fingerprint density at radius 3 is 2.48 bits per heavy atom. The molecule has 1 aromatic rings. The monoisotopic (exact) mass is 362 g/mol. The molecule has 2 aliphatic heterocycles. The first-order valence-corrected chi connectivity index (χ1v) is 9.04. The van der Waals surface area contributed by atoms with E-state index in [2.05, 4.69) is 15.4 Å². The van der Waals surface area contributed by atoms with E-state index in [4.69, 9.17) is 0 Å². The molecule has 0 radical (unpaired) electrons. The van der Waals surface area contributed by atoms with Crippen LogP contribution >= 0.6 is 12.4 Å². The number of halogens is 1. The van der Waals surface area contributed by atoms with Gasteiger partial charge in [0.25, 0.3) is 5.91 Å². The van der Waals surface area contributed by atoms with E-state index < -0.39 is 10.0 Å². The summed E-state index contributed by atoms with van der Waals surface area (Å²) in [6, 6.07) is 2.22. The van der Waals surface area contributed by atoms with Gasteiger partial charge in [-0.05, 0) is 31.7 Å². The Kier molecular flexibility index (Phi) is 5.40. The number of nitrogens with one attached hydrogen (secondary N) is 3. The van der Waals surface area contributed by atoms with Crippen LogP contribution in [0.2, 0.25) is 0 Å². The number of nitrogens with zero attached hydrogens (tertiary/aromatic N) is 1. The number of piperidine rings is 1. The lowest BCUT2D eigenvalue weighted by atomic mass is 10.0. The van der Waals surface area contributed by atoms with Crippen molar-refractivity contribution in [1.82, 2.24) is 19.9 Å². The number of fused-ring (bicyclic) bond motifs is 2. The number of amides is 1. The molecule has 0 spiro atoms. The van der Waals surface area contributed by atoms with Crippen molar-refractivity contribution in [2.24, 2.45) is 7.05 Å². The number of hydrogen-bond acceptors (Lipinski definition) is 4. The van der Waals surface area contributed by atoms with Gasteiger partial charge in [0.15, 0.2) is 0 Å². The molecule has 130 valence electrons. The molecule has 3 heterocycles. The number of carbonyl (C=O) groups excluding carboxylic acids is 1. The van der Waals surface area contributed by atoms with E-state index in [1.54, 1.807) is 7.05 Å². The van der Waals surface area contributed by atoms with Crippen LogP contribution in [0.3, 0.4) is 0 Å². The highest BCUT2D eigenvalue weighted by Crippen LogP contribution is 2.27. The highest BCUT2D eigenvalue weighted by Gasteiger charge is 2.35. The average molecular weight is 363 g/mol. The van der Waals surface area contributed by atoms with Gasteiger partial charge in [0.1, 0.15) is 10.6 Å². The molecule has 9 heteroatoms. The molecule has 2 aliphatic rings. The summed E-state index contributed by atoms with van der Waals surface area (Å²) >= 11 is 0. The van der Waals surface area contributed by atoms with Gasteiger partial charge >= 0.3 is 0 Å². The molecule has 7 nitrogen and oxygen atoms in total. The quantitative estimate of drug-likeness (QED) is 0.721. The van der Waals surface area contributed by atoms with Crippen molar-refractivity contribution < 1.29 is 13.2 Å². The Morgan fingerprint density at radius 1 is 1.30 bits per heavy atom. The Bertz CT molecular complexity index is 676. The largest absolute Gasteiger partial charge is 0.354 e. The Labute approximate surface area is 142 Å². The van der Waals surface area contributed by atoms with E-state index in [-0.39, 0.29) is 29.3 Å². The van der Waals surface area contributed by atoms with Gasteiger partial charge in [0.05, 0.1) is 0 Å². The minimum absolute atomic E-state index is 0. The van der Waals surface area contributed by atoms with Crippen LogP contribution in [0.4, 0.5) is 0 Å². The van der Waals surface area contributed by atoms with Crippen LogP contribution < -0.4 is 15.4 Å². The maximum atomic E-state index is 12.5. The fourth-order valence-electron chi connectivity index (χ4n) is 3.48. The third-order valence-corrected chi connectivity index (χ3v) is 6.03. The summed E-state index contributed by atoms with van der Waals surface area (Å²) in [6.07, 6.45) is 5.36. The van der Waals surface area contributed by atoms with E-state index in [1.807, 2.05) is 0 Å². The van der Waals surface area contributed by atoms with Crippen molar-refractivity contribution in [2.45, 2.75) is 48.7 Å². The Hall–Kier alpha value is -1.09. The molecule has 0 aromatic carbocycles. The molecule has 1 amide bonds. The summed E-state index contributed by atoms with van der Waals surface area (Å²) in [5.74, 6) is -0.302. The van der Waals surface area contributed by atoms with E-state index in [0.29, 0.717) is 17.8 Å². The molecule has 0 aliphatic carbocycles. The van der Waals surface area contributed by atoms with E-state index in [0.717, 1.165) is 25.7 Å². The predicted molar refractivity (Wildman–Crippen MR) is 89.3 cm³/mol. The van der Waals surface area contributed by atoms with Crippen LogP contribution in [-0.2, 0) is 17.1 Å². The van der Waals surface area contributed by atoms with Crippen LogP contribution in [0.1, 0.15) is 36.2 Å². The number of aromatic nitrogens is 1. The summed E-state index contributed by atoms with van der Waals surface area (Å²) in [4.78, 5) is 11.8. The van der Waals surface area contributed by atoms with Crippen LogP contribution in [0.25, 0.3) is 0 Å². The zero-order chi connectivity index (χ0) is 15.9. The topological polar surface area (TPSA) is 92.2 Å². The third-order valence-electron chi connectivity index (χ3n) is 4.54. The molecule has 3 rings (SSSR count). The maximum Gasteiger partial charge on any atom is 0.267 e. The van der Waals surface area contributed by atoms with Crippen LogP contribution in [0.15, 0.2) is 17.2 Å². The lowest BCUT2D eigenvalue weighted by molar-refractivity contribution is 0.0955. The summed E-state index contributed by atoms with van der Waals surface area (Å²) in [5.41, 5.74) is 0.327. The first kappa shape index (κ1) is 18.3. The van der Waals surface area contributed by atoms with Crippen molar-refractivity contribution in [3.8, 4) is 0 Å². The molecular formula is C14H23ClN4O3S. The third kappa shape index (κ3) is 3.71. The molecule has 1 aromatic heterocycles. The molecule has 2 unspecified atom stereocenters. The maximum absolute atomic E-state index is 12.5. The second-order valence-electron chi connectivity index (χ2n) is 6.18. The average Bonchev–Trinajstić information content (AvgIpc) is 3.01. The predicted octanol–water partition coefficient (Wildman–Crippen LogP) is 0.368. The fraction of sp³-hybridized carbons (Fsp3) is 0.643. The summed E-state index contributed by atoms with van der Waals surface area (Å²) in [6.45, 7) is 0. The van der Waals surface area contributed by atoms with Gasteiger partial charge in [-0.25, -0.2) is 13.1 Å². The number of sulfonamides is 1. The van der Waals surface area contributed by atoms with Crippen molar-refractivity contribution >= 4 is 28.3 Å². The SMILES string of the molecule is CNC(=O)c1cc(S(=O)(=O)NC2CC3CCC(C2)N3)cn1C.Cl. The minimum Gasteiger partial charge on any atom is -0.354 e. The molecule has 0 saturated carbocycles. The second-order valence-corrected chi connectivity index (χ2v) is 7.89. The molecule has 2 fully saturated rings. The van der Waals surface area contributed by atoms with Crippen LogP contribution in [0.5, 0.6) is 0 Å². The zero-order valence-corrected chi connectivity index (χ0v) is 14.8. The molecule has 2 atom stereocenters. The lowest BCUT2D eigenvalue weighted by Gasteiger charge is -2.29. The van der Waals surface area contributed by atoms with Gasteiger partial charge < -0.3 is 15.2 Å². The van der Waals surface area contributed by atoms with Crippen molar-refractivity contribution in [3.05, 3.63) is 18.0 Å². The van der Waals surface area contributed by atoms with Crippen molar-refractivity contribution in [3.63, 3.8) is 0 Å². The fourth-order valence-corrected chi connectivity index (χ4v) is 4.81. The van der Waals surface area contributed by atoms with Gasteiger partial charge in [0.2, 0.25) is 10.0 Å². The highest BCUT2D eigenvalue weighted by atomic mass is 35.5. The Balaban J connectivity index is 0.00000192. The molecule has 2 bridgehead atoms. The minimum atomic E-state index is -3.60. The highest BCUT2D eigenvalue weighted by molar-refractivity contribution is 7.89. The Morgan fingerprint density at radius 2 is 1.91 bits per heavy atom. The summed E-state index contributed by atoms with van der Waals surface area (Å²) in [5, 5.41) is 5.99. The van der Waals surface area contributed by atoms with Gasteiger partial charge in [-0.15, -0.1) is 12.4 Å². The van der Waals surface area contributed by atoms with Crippen LogP contribution in [0, 0.1) is 0 Å². The van der Waals surface area contributed by atoms with E-state index >= 15 is 0 Å². The smallest absolute Gasteiger partial charge is 0.267 e. The first-order chi connectivity index (χ1) is 10.4. The standard InChI is InChI=1S/C14H22N4O3S.ClH/c1-15-14(19)13-7-12(8-18(13)2)22(20,21)17-11-5-9-3-4-10(6-11)16-9;/h7-11,16-17H,3-6H2,1-2H3,(H,15,19);1H.